The quantitative estimate of drug-likeness (QED) is 0.790. The van der Waals surface area contributed by atoms with E-state index in [1.165, 1.54) is 12.7 Å². The second-order valence-corrected chi connectivity index (χ2v) is 7.83. The maximum Gasteiger partial charge on any atom is 0.291 e. The van der Waals surface area contributed by atoms with E-state index in [2.05, 4.69) is 44.4 Å². The predicted octanol–water partition coefficient (Wildman–Crippen LogP) is -0.433. The van der Waals surface area contributed by atoms with E-state index < -0.39 is 0 Å². The van der Waals surface area contributed by atoms with Crippen LogP contribution in [0.4, 0.5) is 0 Å². The van der Waals surface area contributed by atoms with Gasteiger partial charge in [-0.25, -0.2) is 0 Å². The second kappa shape index (κ2) is 5.58. The summed E-state index contributed by atoms with van der Waals surface area (Å²) < 4.78 is 7.95. The van der Waals surface area contributed by atoms with Gasteiger partial charge in [0.15, 0.2) is 0 Å². The summed E-state index contributed by atoms with van der Waals surface area (Å²) in [5, 5.41) is 14.3. The third-order valence-corrected chi connectivity index (χ3v) is 5.97. The fraction of sp³-hybridized carbons (Fsp3) is 0.688. The zero-order chi connectivity index (χ0) is 17.9. The highest BCUT2D eigenvalue weighted by atomic mass is 16.5. The Morgan fingerprint density at radius 3 is 3.00 bits per heavy atom. The molecule has 3 fully saturated rings. The van der Waals surface area contributed by atoms with Crippen LogP contribution in [0.25, 0.3) is 5.95 Å². The molecule has 1 amide bonds. The molecule has 3 aliphatic rings. The molecule has 2 aromatic heterocycles. The number of aromatic nitrogens is 6. The van der Waals surface area contributed by atoms with Crippen LogP contribution in [0.3, 0.4) is 0 Å². The van der Waals surface area contributed by atoms with E-state index in [9.17, 15) is 4.79 Å². The highest BCUT2D eigenvalue weighted by Gasteiger charge is 2.63. The number of fused-ring (bicyclic) bond motifs is 1. The van der Waals surface area contributed by atoms with Crippen molar-refractivity contribution in [3.8, 4) is 5.95 Å². The van der Waals surface area contributed by atoms with E-state index in [4.69, 9.17) is 4.74 Å². The van der Waals surface area contributed by atoms with Gasteiger partial charge < -0.3 is 14.5 Å². The minimum absolute atomic E-state index is 0.128. The molecule has 3 saturated heterocycles. The first kappa shape index (κ1) is 15.9. The van der Waals surface area contributed by atoms with Crippen molar-refractivity contribution in [1.82, 2.24) is 39.7 Å². The van der Waals surface area contributed by atoms with Crippen molar-refractivity contribution < 1.29 is 9.53 Å². The Kier molecular flexibility index (Phi) is 3.41. The van der Waals surface area contributed by atoms with E-state index >= 15 is 0 Å². The van der Waals surface area contributed by atoms with Gasteiger partial charge in [0.05, 0.1) is 18.2 Å². The van der Waals surface area contributed by atoms with Gasteiger partial charge in [-0.05, 0) is 26.9 Å². The summed E-state index contributed by atoms with van der Waals surface area (Å²) in [6.07, 6.45) is 5.46. The lowest BCUT2D eigenvalue weighted by molar-refractivity contribution is 0.00244. The van der Waals surface area contributed by atoms with Crippen molar-refractivity contribution >= 4 is 5.91 Å². The number of carbonyl (C=O) groups excluding carboxylic acids is 1. The summed E-state index contributed by atoms with van der Waals surface area (Å²) >= 11 is 0. The number of H-pyrrole nitrogens is 1. The summed E-state index contributed by atoms with van der Waals surface area (Å²) in [5.41, 5.74) is -0.169. The molecule has 2 aromatic rings. The Labute approximate surface area is 150 Å². The molecule has 4 atom stereocenters. The summed E-state index contributed by atoms with van der Waals surface area (Å²) in [4.78, 5) is 21.3. The highest BCUT2D eigenvalue weighted by molar-refractivity contribution is 5.91. The lowest BCUT2D eigenvalue weighted by Crippen LogP contribution is -2.40. The van der Waals surface area contributed by atoms with E-state index in [-0.39, 0.29) is 17.3 Å². The van der Waals surface area contributed by atoms with Crippen molar-refractivity contribution in [2.75, 3.05) is 33.7 Å². The van der Waals surface area contributed by atoms with Crippen molar-refractivity contribution in [1.29, 1.82) is 0 Å². The lowest BCUT2D eigenvalue weighted by atomic mass is 9.73. The monoisotopic (exact) mass is 358 g/mol. The van der Waals surface area contributed by atoms with Crippen molar-refractivity contribution in [2.24, 2.45) is 11.8 Å². The molecule has 0 aromatic carbocycles. The Morgan fingerprint density at radius 1 is 1.42 bits per heavy atom. The van der Waals surface area contributed by atoms with Gasteiger partial charge in [0, 0.05) is 24.9 Å². The van der Waals surface area contributed by atoms with Gasteiger partial charge in [-0.2, -0.15) is 4.98 Å². The Morgan fingerprint density at radius 2 is 2.23 bits per heavy atom. The number of hydrogen-bond donors (Lipinski definition) is 1. The van der Waals surface area contributed by atoms with Crippen LogP contribution in [0.1, 0.15) is 23.5 Å². The molecule has 0 radical (unpaired) electrons. The van der Waals surface area contributed by atoms with E-state index in [0.29, 0.717) is 30.4 Å². The maximum atomic E-state index is 12.9. The molecular weight excluding hydrogens is 336 g/mol. The van der Waals surface area contributed by atoms with Gasteiger partial charge in [0.25, 0.3) is 11.9 Å². The number of ether oxygens (including phenoxy) is 1. The van der Waals surface area contributed by atoms with Crippen LogP contribution in [0.5, 0.6) is 0 Å². The molecule has 2 bridgehead atoms. The van der Waals surface area contributed by atoms with Gasteiger partial charge in [0.1, 0.15) is 12.7 Å². The van der Waals surface area contributed by atoms with E-state index in [0.717, 1.165) is 25.9 Å². The molecular formula is C16H22N8O2. The van der Waals surface area contributed by atoms with Crippen molar-refractivity contribution in [2.45, 2.75) is 24.5 Å². The molecule has 0 saturated carbocycles. The third-order valence-electron chi connectivity index (χ3n) is 5.97. The maximum absolute atomic E-state index is 12.9. The molecule has 1 N–H and O–H groups in total. The predicted molar refractivity (Wildman–Crippen MR) is 89.6 cm³/mol. The molecule has 3 aliphatic heterocycles. The zero-order valence-corrected chi connectivity index (χ0v) is 14.9. The van der Waals surface area contributed by atoms with Crippen LogP contribution < -0.4 is 0 Å². The zero-order valence-electron chi connectivity index (χ0n) is 14.9. The molecule has 26 heavy (non-hydrogen) atoms. The number of likely N-dealkylation sites (tertiary alicyclic amines) is 1. The second-order valence-electron chi connectivity index (χ2n) is 7.83. The minimum atomic E-state index is -0.169. The average Bonchev–Trinajstić information content (AvgIpc) is 3.39. The summed E-state index contributed by atoms with van der Waals surface area (Å²) in [6.45, 7) is 2.36. The number of hydrogen-bond acceptors (Lipinski definition) is 7. The number of amides is 1. The molecule has 5 heterocycles. The van der Waals surface area contributed by atoms with E-state index in [1.54, 1.807) is 4.57 Å². The van der Waals surface area contributed by atoms with E-state index in [1.807, 2.05) is 4.90 Å². The summed E-state index contributed by atoms with van der Waals surface area (Å²) in [7, 11) is 4.19. The molecule has 0 unspecified atom stereocenters. The van der Waals surface area contributed by atoms with Gasteiger partial charge in [0.2, 0.25) is 5.82 Å². The SMILES string of the molecule is CN(C)C[C@H]1[C@@H]2CC[C@@]3(CN(C(=O)c4nc(-n5cnnc5)n[nH]4)C[C@@H]13)O2. The number of nitrogens with one attached hydrogen (secondary N) is 1. The van der Waals surface area contributed by atoms with Crippen molar-refractivity contribution in [3.05, 3.63) is 18.5 Å². The van der Waals surface area contributed by atoms with Gasteiger partial charge in [-0.3, -0.25) is 14.5 Å². The first-order chi connectivity index (χ1) is 12.6. The van der Waals surface area contributed by atoms with Crippen LogP contribution in [0.2, 0.25) is 0 Å². The Hall–Kier alpha value is -2.33. The fourth-order valence-corrected chi connectivity index (χ4v) is 4.93. The topological polar surface area (TPSA) is 105 Å². The molecule has 0 aliphatic carbocycles. The van der Waals surface area contributed by atoms with Gasteiger partial charge in [-0.1, -0.05) is 0 Å². The summed E-state index contributed by atoms with van der Waals surface area (Å²) in [6, 6.07) is 0. The lowest BCUT2D eigenvalue weighted by Gasteiger charge is -2.30. The normalized spacial score (nSPS) is 32.6. The molecule has 10 nitrogen and oxygen atoms in total. The van der Waals surface area contributed by atoms with Gasteiger partial charge in [-0.15, -0.1) is 15.3 Å². The first-order valence-corrected chi connectivity index (χ1v) is 8.95. The van der Waals surface area contributed by atoms with Crippen LogP contribution in [-0.4, -0.2) is 91.1 Å². The third kappa shape index (κ3) is 2.28. The fourth-order valence-electron chi connectivity index (χ4n) is 4.93. The summed E-state index contributed by atoms with van der Waals surface area (Å²) in [5.74, 6) is 1.35. The first-order valence-electron chi connectivity index (χ1n) is 8.95. The standard InChI is InChI=1S/C16H22N8O2/c1-22(2)5-10-11-6-23(7-16(11)4-3-12(10)26-16)14(25)13-19-15(21-20-13)24-8-17-18-9-24/h8-12H,3-7H2,1-2H3,(H,19,20,21)/t10-,11+,12+,16+/m1/s1. The molecule has 138 valence electrons. The smallest absolute Gasteiger partial charge is 0.291 e. The number of aromatic amines is 1. The van der Waals surface area contributed by atoms with Crippen LogP contribution in [-0.2, 0) is 4.74 Å². The number of rotatable bonds is 4. The Bertz CT molecular complexity index is 818. The molecule has 5 rings (SSSR count). The van der Waals surface area contributed by atoms with Crippen LogP contribution >= 0.6 is 0 Å². The van der Waals surface area contributed by atoms with Gasteiger partial charge >= 0.3 is 0 Å². The van der Waals surface area contributed by atoms with Crippen LogP contribution in [0.15, 0.2) is 12.7 Å². The number of nitrogens with zero attached hydrogens (tertiary/aromatic N) is 7. The van der Waals surface area contributed by atoms with Crippen LogP contribution in [0, 0.1) is 11.8 Å². The minimum Gasteiger partial charge on any atom is -0.369 e. The average molecular weight is 358 g/mol. The Balaban J connectivity index is 1.35. The van der Waals surface area contributed by atoms with Crippen molar-refractivity contribution in [3.63, 3.8) is 0 Å². The molecule has 1 spiro atoms. The highest BCUT2D eigenvalue weighted by Crippen LogP contribution is 2.55. The molecule has 10 heteroatoms. The number of carbonyl (C=O) groups is 1. The largest absolute Gasteiger partial charge is 0.369 e.